The molecule has 6 heteroatoms. The van der Waals surface area contributed by atoms with Gasteiger partial charge in [-0.1, -0.05) is 23.2 Å². The van der Waals surface area contributed by atoms with Crippen molar-refractivity contribution >= 4 is 34.8 Å². The van der Waals surface area contributed by atoms with E-state index >= 15 is 0 Å². The molecule has 0 bridgehead atoms. The van der Waals surface area contributed by atoms with Crippen LogP contribution in [0.2, 0.25) is 10.2 Å². The number of benzene rings is 1. The summed E-state index contributed by atoms with van der Waals surface area (Å²) in [5.41, 5.74) is 2.75. The first-order valence-electron chi connectivity index (χ1n) is 6.89. The zero-order valence-corrected chi connectivity index (χ0v) is 13.4. The van der Waals surface area contributed by atoms with Gasteiger partial charge in [-0.05, 0) is 49.1 Å². The molecule has 0 N–H and O–H groups in total. The third kappa shape index (κ3) is 2.69. The van der Waals surface area contributed by atoms with Crippen molar-refractivity contribution in [1.29, 1.82) is 0 Å². The second-order valence-electron chi connectivity index (χ2n) is 5.29. The first kappa shape index (κ1) is 15.3. The van der Waals surface area contributed by atoms with Gasteiger partial charge < -0.3 is 4.90 Å². The number of aromatic nitrogens is 1. The molecule has 0 saturated carbocycles. The van der Waals surface area contributed by atoms with Gasteiger partial charge in [0.15, 0.2) is 0 Å². The number of pyridine rings is 1. The standard InChI is InChI=1S/C16H13Cl2FN2O/c1-9-5-12(19)6-10-3-2-4-21(14(9)10)16(22)11-7-13(17)15(18)20-8-11/h5-8H,2-4H2,1H3. The van der Waals surface area contributed by atoms with Gasteiger partial charge in [0, 0.05) is 12.7 Å². The largest absolute Gasteiger partial charge is 0.308 e. The molecule has 0 aliphatic carbocycles. The number of hydrogen-bond acceptors (Lipinski definition) is 2. The van der Waals surface area contributed by atoms with Gasteiger partial charge in [-0.3, -0.25) is 4.79 Å². The lowest BCUT2D eigenvalue weighted by atomic mass is 9.97. The topological polar surface area (TPSA) is 33.2 Å². The second kappa shape index (κ2) is 5.86. The van der Waals surface area contributed by atoms with Crippen molar-refractivity contribution < 1.29 is 9.18 Å². The van der Waals surface area contributed by atoms with Crippen molar-refractivity contribution in [2.45, 2.75) is 19.8 Å². The summed E-state index contributed by atoms with van der Waals surface area (Å²) in [5.74, 6) is -0.483. The van der Waals surface area contributed by atoms with Gasteiger partial charge >= 0.3 is 0 Å². The number of hydrogen-bond donors (Lipinski definition) is 0. The molecule has 114 valence electrons. The molecule has 3 rings (SSSR count). The quantitative estimate of drug-likeness (QED) is 0.720. The van der Waals surface area contributed by atoms with E-state index in [9.17, 15) is 9.18 Å². The van der Waals surface area contributed by atoms with E-state index in [-0.39, 0.29) is 21.9 Å². The zero-order valence-electron chi connectivity index (χ0n) is 11.9. The van der Waals surface area contributed by atoms with Gasteiger partial charge in [0.25, 0.3) is 5.91 Å². The van der Waals surface area contributed by atoms with Crippen LogP contribution < -0.4 is 4.90 Å². The summed E-state index contributed by atoms with van der Waals surface area (Å²) in [6, 6.07) is 4.44. The summed E-state index contributed by atoms with van der Waals surface area (Å²) >= 11 is 11.7. The number of carbonyl (C=O) groups excluding carboxylic acids is 1. The molecule has 0 saturated heterocycles. The van der Waals surface area contributed by atoms with Gasteiger partial charge in [-0.2, -0.15) is 0 Å². The fourth-order valence-corrected chi connectivity index (χ4v) is 3.09. The Morgan fingerprint density at radius 1 is 1.32 bits per heavy atom. The Bertz CT molecular complexity index is 764. The van der Waals surface area contributed by atoms with Crippen LogP contribution in [0.4, 0.5) is 10.1 Å². The predicted octanol–water partition coefficient (Wildman–Crippen LogP) is 4.43. The van der Waals surface area contributed by atoms with Gasteiger partial charge in [-0.15, -0.1) is 0 Å². The van der Waals surface area contributed by atoms with E-state index < -0.39 is 0 Å². The monoisotopic (exact) mass is 338 g/mol. The molecule has 3 nitrogen and oxygen atoms in total. The lowest BCUT2D eigenvalue weighted by Gasteiger charge is -2.31. The average molecular weight is 339 g/mol. The number of amides is 1. The first-order valence-corrected chi connectivity index (χ1v) is 7.65. The molecule has 0 spiro atoms. The number of anilines is 1. The molecule has 0 atom stereocenters. The van der Waals surface area contributed by atoms with Crippen LogP contribution in [0.1, 0.15) is 27.9 Å². The van der Waals surface area contributed by atoms with Crippen LogP contribution in [-0.2, 0) is 6.42 Å². The summed E-state index contributed by atoms with van der Waals surface area (Å²) < 4.78 is 13.6. The Morgan fingerprint density at radius 3 is 2.82 bits per heavy atom. The summed E-state index contributed by atoms with van der Waals surface area (Å²) in [7, 11) is 0. The first-order chi connectivity index (χ1) is 10.5. The van der Waals surface area contributed by atoms with E-state index in [4.69, 9.17) is 23.2 Å². The molecule has 1 aliphatic heterocycles. The van der Waals surface area contributed by atoms with E-state index in [0.29, 0.717) is 12.1 Å². The summed E-state index contributed by atoms with van der Waals surface area (Å²) in [5, 5.41) is 0.399. The molecule has 2 aromatic rings. The molecule has 1 aromatic heterocycles. The highest BCUT2D eigenvalue weighted by atomic mass is 35.5. The fraction of sp³-hybridized carbons (Fsp3) is 0.250. The highest BCUT2D eigenvalue weighted by molar-refractivity contribution is 6.41. The fourth-order valence-electron chi connectivity index (χ4n) is 2.82. The van der Waals surface area contributed by atoms with Crippen molar-refractivity contribution in [3.05, 3.63) is 57.1 Å². The second-order valence-corrected chi connectivity index (χ2v) is 6.05. The molecule has 1 aliphatic rings. The molecule has 22 heavy (non-hydrogen) atoms. The van der Waals surface area contributed by atoms with Crippen LogP contribution in [0, 0.1) is 12.7 Å². The Kier molecular flexibility index (Phi) is 4.06. The summed E-state index contributed by atoms with van der Waals surface area (Å²) in [6.07, 6.45) is 2.96. The van der Waals surface area contributed by atoms with Crippen LogP contribution >= 0.6 is 23.2 Å². The van der Waals surface area contributed by atoms with Crippen molar-refractivity contribution in [2.24, 2.45) is 0 Å². The Balaban J connectivity index is 2.03. The number of halogens is 3. The lowest BCUT2D eigenvalue weighted by molar-refractivity contribution is 0.0984. The minimum Gasteiger partial charge on any atom is -0.308 e. The van der Waals surface area contributed by atoms with Crippen molar-refractivity contribution in [3.8, 4) is 0 Å². The zero-order chi connectivity index (χ0) is 15.9. The Hall–Kier alpha value is -1.65. The molecule has 1 aromatic carbocycles. The van der Waals surface area contributed by atoms with Crippen LogP contribution in [-0.4, -0.2) is 17.4 Å². The number of rotatable bonds is 1. The summed E-state index contributed by atoms with van der Waals surface area (Å²) in [4.78, 5) is 18.3. The number of fused-ring (bicyclic) bond motifs is 1. The van der Waals surface area contributed by atoms with Gasteiger partial charge in [0.2, 0.25) is 0 Å². The molecular weight excluding hydrogens is 326 g/mol. The third-order valence-corrected chi connectivity index (χ3v) is 4.42. The highest BCUT2D eigenvalue weighted by Gasteiger charge is 2.26. The van der Waals surface area contributed by atoms with Gasteiger partial charge in [0.1, 0.15) is 11.0 Å². The van der Waals surface area contributed by atoms with E-state index in [1.165, 1.54) is 24.4 Å². The van der Waals surface area contributed by atoms with Crippen LogP contribution in [0.5, 0.6) is 0 Å². The van der Waals surface area contributed by atoms with E-state index in [0.717, 1.165) is 29.7 Å². The SMILES string of the molecule is Cc1cc(F)cc2c1N(C(=O)c1cnc(Cl)c(Cl)c1)CCC2. The van der Waals surface area contributed by atoms with Crippen LogP contribution in [0.3, 0.4) is 0 Å². The number of aryl methyl sites for hydroxylation is 2. The lowest BCUT2D eigenvalue weighted by Crippen LogP contribution is -2.36. The highest BCUT2D eigenvalue weighted by Crippen LogP contribution is 2.33. The Labute approximate surface area is 137 Å². The maximum absolute atomic E-state index is 13.6. The smallest absolute Gasteiger partial charge is 0.259 e. The van der Waals surface area contributed by atoms with Gasteiger partial charge in [-0.25, -0.2) is 9.37 Å². The molecule has 0 unspecified atom stereocenters. The minimum absolute atomic E-state index is 0.163. The van der Waals surface area contributed by atoms with Crippen molar-refractivity contribution in [1.82, 2.24) is 4.98 Å². The minimum atomic E-state index is -0.276. The third-order valence-electron chi connectivity index (χ3n) is 3.73. The van der Waals surface area contributed by atoms with E-state index in [1.807, 2.05) is 0 Å². The van der Waals surface area contributed by atoms with Crippen molar-refractivity contribution in [2.75, 3.05) is 11.4 Å². The molecule has 0 radical (unpaired) electrons. The molecule has 2 heterocycles. The van der Waals surface area contributed by atoms with Crippen LogP contribution in [0.25, 0.3) is 0 Å². The number of carbonyl (C=O) groups is 1. The number of nitrogens with zero attached hydrogens (tertiary/aromatic N) is 2. The summed E-state index contributed by atoms with van der Waals surface area (Å²) in [6.45, 7) is 2.39. The molecular formula is C16H13Cl2FN2O. The molecule has 0 fully saturated rings. The maximum Gasteiger partial charge on any atom is 0.259 e. The molecule has 1 amide bonds. The van der Waals surface area contributed by atoms with E-state index in [2.05, 4.69) is 4.98 Å². The van der Waals surface area contributed by atoms with Crippen molar-refractivity contribution in [3.63, 3.8) is 0 Å². The Morgan fingerprint density at radius 2 is 2.09 bits per heavy atom. The maximum atomic E-state index is 13.6. The average Bonchev–Trinajstić information content (AvgIpc) is 2.48. The van der Waals surface area contributed by atoms with Crippen LogP contribution in [0.15, 0.2) is 24.4 Å². The predicted molar refractivity (Wildman–Crippen MR) is 85.4 cm³/mol. The van der Waals surface area contributed by atoms with Gasteiger partial charge in [0.05, 0.1) is 16.3 Å². The van der Waals surface area contributed by atoms with E-state index in [1.54, 1.807) is 11.8 Å². The normalized spacial score (nSPS) is 13.9.